The van der Waals surface area contributed by atoms with Crippen LogP contribution in [0.2, 0.25) is 10.0 Å². The molecule has 1 fully saturated rings. The number of rotatable bonds is 7. The van der Waals surface area contributed by atoms with E-state index in [1.807, 2.05) is 11.0 Å². The molecule has 0 saturated heterocycles. The van der Waals surface area contributed by atoms with Gasteiger partial charge in [-0.3, -0.25) is 9.59 Å². The Kier molecular flexibility index (Phi) is 7.77. The van der Waals surface area contributed by atoms with E-state index in [-0.39, 0.29) is 30.3 Å². The molecule has 2 heterocycles. The number of nitrogens with zero attached hydrogens (tertiary/aromatic N) is 2. The number of thiophene rings is 1. The molecule has 1 atom stereocenters. The fourth-order valence-corrected chi connectivity index (χ4v) is 6.21. The van der Waals surface area contributed by atoms with E-state index in [4.69, 9.17) is 27.9 Å². The summed E-state index contributed by atoms with van der Waals surface area (Å²) < 4.78 is 5.22. The van der Waals surface area contributed by atoms with Crippen LogP contribution in [0.15, 0.2) is 29.6 Å². The quantitative estimate of drug-likeness (QED) is 0.531. The maximum Gasteiger partial charge on any atom is 0.242 e. The van der Waals surface area contributed by atoms with Crippen molar-refractivity contribution in [2.24, 2.45) is 5.92 Å². The van der Waals surface area contributed by atoms with Crippen molar-refractivity contribution in [1.82, 2.24) is 9.80 Å². The number of fused-ring (bicyclic) bond motifs is 1. The SMILES string of the molecule is COCCN(CC(=O)N1CCc2sccc2C1c1ccc(Cl)cc1Cl)C(=O)C1CCCC1. The van der Waals surface area contributed by atoms with Crippen molar-refractivity contribution in [3.05, 3.63) is 55.7 Å². The van der Waals surface area contributed by atoms with Gasteiger partial charge in [0.25, 0.3) is 0 Å². The highest BCUT2D eigenvalue weighted by atomic mass is 35.5. The molecule has 2 amide bonds. The summed E-state index contributed by atoms with van der Waals surface area (Å²) in [5.41, 5.74) is 1.96. The summed E-state index contributed by atoms with van der Waals surface area (Å²) >= 11 is 14.4. The van der Waals surface area contributed by atoms with E-state index >= 15 is 0 Å². The Hall–Kier alpha value is -1.60. The second kappa shape index (κ2) is 10.6. The van der Waals surface area contributed by atoms with Crippen molar-refractivity contribution >= 4 is 46.4 Å². The first-order valence-electron chi connectivity index (χ1n) is 11.1. The van der Waals surface area contributed by atoms with Gasteiger partial charge in [0.05, 0.1) is 19.2 Å². The minimum absolute atomic E-state index is 0.0194. The smallest absolute Gasteiger partial charge is 0.242 e. The number of amides is 2. The summed E-state index contributed by atoms with van der Waals surface area (Å²) in [6.07, 6.45) is 4.76. The van der Waals surface area contributed by atoms with Crippen LogP contribution in [0.5, 0.6) is 0 Å². The van der Waals surface area contributed by atoms with Crippen molar-refractivity contribution in [2.45, 2.75) is 38.1 Å². The lowest BCUT2D eigenvalue weighted by Crippen LogP contribution is -2.48. The minimum Gasteiger partial charge on any atom is -0.383 e. The average Bonchev–Trinajstić information content (AvgIpc) is 3.47. The van der Waals surface area contributed by atoms with Gasteiger partial charge in [0.2, 0.25) is 11.8 Å². The summed E-state index contributed by atoms with van der Waals surface area (Å²) in [5.74, 6) is 0.0218. The molecule has 1 unspecified atom stereocenters. The van der Waals surface area contributed by atoms with Crippen molar-refractivity contribution in [3.8, 4) is 0 Å². The van der Waals surface area contributed by atoms with E-state index in [0.29, 0.717) is 29.7 Å². The molecule has 8 heteroatoms. The highest BCUT2D eigenvalue weighted by Crippen LogP contribution is 2.41. The Morgan fingerprint density at radius 3 is 2.69 bits per heavy atom. The lowest BCUT2D eigenvalue weighted by molar-refractivity contribution is -0.144. The molecule has 5 nitrogen and oxygen atoms in total. The zero-order chi connectivity index (χ0) is 22.7. The van der Waals surface area contributed by atoms with Crippen LogP contribution in [-0.4, -0.2) is 55.0 Å². The van der Waals surface area contributed by atoms with Crippen LogP contribution in [0.4, 0.5) is 0 Å². The number of carbonyl (C=O) groups excluding carboxylic acids is 2. The molecule has 0 radical (unpaired) electrons. The summed E-state index contributed by atoms with van der Waals surface area (Å²) in [4.78, 5) is 31.6. The van der Waals surface area contributed by atoms with Crippen LogP contribution < -0.4 is 0 Å². The summed E-state index contributed by atoms with van der Waals surface area (Å²) in [5, 5.41) is 3.16. The standard InChI is InChI=1S/C24H28Cl2N2O3S/c1-31-12-11-27(24(30)16-4-2-3-5-16)15-22(29)28-10-8-21-19(9-13-32-21)23(28)18-7-6-17(25)14-20(18)26/h6-7,9,13-14,16,23H,2-5,8,10-12,15H2,1H3. The predicted octanol–water partition coefficient (Wildman–Crippen LogP) is 5.19. The highest BCUT2D eigenvalue weighted by molar-refractivity contribution is 7.10. The fraction of sp³-hybridized carbons (Fsp3) is 0.500. The molecule has 1 aliphatic carbocycles. The summed E-state index contributed by atoms with van der Waals surface area (Å²) in [6.45, 7) is 1.47. The molecule has 172 valence electrons. The van der Waals surface area contributed by atoms with Crippen LogP contribution in [0.3, 0.4) is 0 Å². The molecule has 0 spiro atoms. The summed E-state index contributed by atoms with van der Waals surface area (Å²) in [7, 11) is 1.61. The number of methoxy groups -OCH3 is 1. The van der Waals surface area contributed by atoms with E-state index in [0.717, 1.165) is 43.2 Å². The third-order valence-electron chi connectivity index (χ3n) is 6.45. The van der Waals surface area contributed by atoms with Gasteiger partial charge in [-0.15, -0.1) is 11.3 Å². The lowest BCUT2D eigenvalue weighted by Gasteiger charge is -2.38. The van der Waals surface area contributed by atoms with E-state index < -0.39 is 0 Å². The molecule has 0 bridgehead atoms. The summed E-state index contributed by atoms with van der Waals surface area (Å²) in [6, 6.07) is 7.21. The van der Waals surface area contributed by atoms with Crippen LogP contribution in [0.1, 0.15) is 47.7 Å². The Balaban J connectivity index is 1.60. The lowest BCUT2D eigenvalue weighted by atomic mass is 9.93. The number of hydrogen-bond donors (Lipinski definition) is 0. The zero-order valence-corrected chi connectivity index (χ0v) is 20.5. The van der Waals surface area contributed by atoms with Gasteiger partial charge in [0.15, 0.2) is 0 Å². The third-order valence-corrected chi connectivity index (χ3v) is 8.01. The van der Waals surface area contributed by atoms with E-state index in [1.54, 1.807) is 35.5 Å². The van der Waals surface area contributed by atoms with Gasteiger partial charge in [-0.25, -0.2) is 0 Å². The van der Waals surface area contributed by atoms with Gasteiger partial charge in [-0.1, -0.05) is 42.1 Å². The highest BCUT2D eigenvalue weighted by Gasteiger charge is 2.36. The van der Waals surface area contributed by atoms with Gasteiger partial charge in [0, 0.05) is 41.0 Å². The molecule has 4 rings (SSSR count). The maximum atomic E-state index is 13.6. The Labute approximate surface area is 203 Å². The average molecular weight is 495 g/mol. The first-order chi connectivity index (χ1) is 15.5. The first-order valence-corrected chi connectivity index (χ1v) is 12.7. The topological polar surface area (TPSA) is 49.9 Å². The van der Waals surface area contributed by atoms with Gasteiger partial charge >= 0.3 is 0 Å². The van der Waals surface area contributed by atoms with Gasteiger partial charge in [-0.05, 0) is 54.0 Å². The van der Waals surface area contributed by atoms with Gasteiger partial charge in [-0.2, -0.15) is 0 Å². The Bertz CT molecular complexity index is 974. The molecule has 1 aromatic carbocycles. The van der Waals surface area contributed by atoms with Crippen LogP contribution in [0, 0.1) is 5.92 Å². The van der Waals surface area contributed by atoms with Crippen molar-refractivity contribution in [3.63, 3.8) is 0 Å². The van der Waals surface area contributed by atoms with Gasteiger partial charge in [0.1, 0.15) is 0 Å². The second-order valence-corrected chi connectivity index (χ2v) is 10.3. The predicted molar refractivity (Wildman–Crippen MR) is 128 cm³/mol. The monoisotopic (exact) mass is 494 g/mol. The van der Waals surface area contributed by atoms with E-state index in [1.165, 1.54) is 4.88 Å². The Morgan fingerprint density at radius 1 is 1.19 bits per heavy atom. The number of ether oxygens (including phenoxy) is 1. The number of benzene rings is 1. The third kappa shape index (κ3) is 4.98. The van der Waals surface area contributed by atoms with Crippen molar-refractivity contribution in [2.75, 3.05) is 33.4 Å². The largest absolute Gasteiger partial charge is 0.383 e. The Morgan fingerprint density at radius 2 is 1.97 bits per heavy atom. The van der Waals surface area contributed by atoms with Crippen molar-refractivity contribution < 1.29 is 14.3 Å². The van der Waals surface area contributed by atoms with Crippen LogP contribution in [0.25, 0.3) is 0 Å². The van der Waals surface area contributed by atoms with E-state index in [9.17, 15) is 9.59 Å². The van der Waals surface area contributed by atoms with Gasteiger partial charge < -0.3 is 14.5 Å². The van der Waals surface area contributed by atoms with Crippen molar-refractivity contribution in [1.29, 1.82) is 0 Å². The molecule has 2 aromatic rings. The first kappa shape index (κ1) is 23.6. The molecule has 2 aliphatic rings. The van der Waals surface area contributed by atoms with Crippen LogP contribution >= 0.6 is 34.5 Å². The number of halogens is 2. The number of hydrogen-bond acceptors (Lipinski definition) is 4. The molecular formula is C24H28Cl2N2O3S. The second-order valence-electron chi connectivity index (χ2n) is 8.44. The molecular weight excluding hydrogens is 467 g/mol. The van der Waals surface area contributed by atoms with E-state index in [2.05, 4.69) is 11.4 Å². The molecule has 32 heavy (non-hydrogen) atoms. The fourth-order valence-electron chi connectivity index (χ4n) is 4.80. The molecule has 1 aromatic heterocycles. The number of carbonyl (C=O) groups is 2. The molecule has 1 aliphatic heterocycles. The van der Waals surface area contributed by atoms with Crippen LogP contribution in [-0.2, 0) is 20.7 Å². The molecule has 1 saturated carbocycles. The normalized spacial score (nSPS) is 18.6. The minimum atomic E-state index is -0.284. The maximum absolute atomic E-state index is 13.6. The zero-order valence-electron chi connectivity index (χ0n) is 18.2. The molecule has 0 N–H and O–H groups in total.